The molecule has 1 aromatic carbocycles. The van der Waals surface area contributed by atoms with Crippen LogP contribution in [0.5, 0.6) is 0 Å². The van der Waals surface area contributed by atoms with E-state index < -0.39 is 0 Å². The lowest BCUT2D eigenvalue weighted by molar-refractivity contribution is -0.122. The molecular weight excluding hydrogens is 366 g/mol. The van der Waals surface area contributed by atoms with Crippen molar-refractivity contribution in [3.8, 4) is 0 Å². The van der Waals surface area contributed by atoms with E-state index in [1.54, 1.807) is 11.7 Å². The molecule has 1 atom stereocenters. The van der Waals surface area contributed by atoms with Crippen molar-refractivity contribution in [3.05, 3.63) is 58.3 Å². The third-order valence-electron chi connectivity index (χ3n) is 5.16. The molecule has 0 aliphatic heterocycles. The maximum Gasteiger partial charge on any atom is 0.264 e. The minimum absolute atomic E-state index is 0.0613. The molecule has 0 bridgehead atoms. The predicted octanol–water partition coefficient (Wildman–Crippen LogP) is 2.99. The van der Waals surface area contributed by atoms with E-state index in [0.717, 1.165) is 18.4 Å². The Kier molecular flexibility index (Phi) is 6.46. The molecule has 29 heavy (non-hydrogen) atoms. The van der Waals surface area contributed by atoms with Crippen LogP contribution >= 0.6 is 0 Å². The molecule has 1 N–H and O–H groups in total. The average molecular weight is 396 g/mol. The van der Waals surface area contributed by atoms with Crippen molar-refractivity contribution in [2.45, 2.75) is 52.6 Å². The molecule has 3 aromatic rings. The maximum absolute atomic E-state index is 12.6. The molecule has 1 amide bonds. The van der Waals surface area contributed by atoms with Crippen LogP contribution in [0, 0.1) is 5.92 Å². The van der Waals surface area contributed by atoms with Crippen molar-refractivity contribution in [1.29, 1.82) is 0 Å². The Morgan fingerprint density at radius 3 is 2.59 bits per heavy atom. The molecule has 3 rings (SSSR count). The molecule has 2 aromatic heterocycles. The molecule has 1 unspecified atom stereocenters. The zero-order valence-electron chi connectivity index (χ0n) is 17.6. The van der Waals surface area contributed by atoms with Gasteiger partial charge >= 0.3 is 0 Å². The van der Waals surface area contributed by atoms with Gasteiger partial charge in [-0.05, 0) is 23.5 Å². The molecule has 7 nitrogen and oxygen atoms in total. The SMILES string of the molecule is CCCc1ccc(C(NC(=O)CCn2cnc3c(cnn3C)c2=O)C(C)C)cc1. The fourth-order valence-electron chi connectivity index (χ4n) is 3.51. The van der Waals surface area contributed by atoms with E-state index in [9.17, 15) is 9.59 Å². The Balaban J connectivity index is 1.66. The summed E-state index contributed by atoms with van der Waals surface area (Å²) in [4.78, 5) is 29.4. The number of aryl methyl sites for hydroxylation is 3. The summed E-state index contributed by atoms with van der Waals surface area (Å²) in [6, 6.07) is 8.40. The van der Waals surface area contributed by atoms with Gasteiger partial charge in [-0.2, -0.15) is 5.10 Å². The number of benzene rings is 1. The maximum atomic E-state index is 12.6. The topological polar surface area (TPSA) is 81.8 Å². The third kappa shape index (κ3) is 4.72. The second-order valence-electron chi connectivity index (χ2n) is 7.78. The highest BCUT2D eigenvalue weighted by Gasteiger charge is 2.18. The lowest BCUT2D eigenvalue weighted by atomic mass is 9.94. The second-order valence-corrected chi connectivity index (χ2v) is 7.78. The van der Waals surface area contributed by atoms with Crippen molar-refractivity contribution in [3.63, 3.8) is 0 Å². The Hall–Kier alpha value is -2.96. The van der Waals surface area contributed by atoms with Gasteiger partial charge in [-0.25, -0.2) is 4.98 Å². The highest BCUT2D eigenvalue weighted by molar-refractivity contribution is 5.76. The van der Waals surface area contributed by atoms with Crippen molar-refractivity contribution in [2.24, 2.45) is 13.0 Å². The summed E-state index contributed by atoms with van der Waals surface area (Å²) in [6.45, 7) is 6.63. The van der Waals surface area contributed by atoms with Crippen LogP contribution in [-0.4, -0.2) is 25.2 Å². The minimum atomic E-state index is -0.178. The fourth-order valence-corrected chi connectivity index (χ4v) is 3.51. The van der Waals surface area contributed by atoms with Crippen LogP contribution < -0.4 is 10.9 Å². The van der Waals surface area contributed by atoms with Gasteiger partial charge < -0.3 is 5.32 Å². The van der Waals surface area contributed by atoms with Gasteiger partial charge in [0.05, 0.1) is 18.6 Å². The first-order valence-electron chi connectivity index (χ1n) is 10.2. The van der Waals surface area contributed by atoms with E-state index in [1.165, 1.54) is 22.7 Å². The lowest BCUT2D eigenvalue weighted by Gasteiger charge is -2.23. The van der Waals surface area contributed by atoms with Gasteiger partial charge in [0.25, 0.3) is 5.56 Å². The normalized spacial score (nSPS) is 12.4. The summed E-state index contributed by atoms with van der Waals surface area (Å²) in [7, 11) is 1.74. The van der Waals surface area contributed by atoms with E-state index in [0.29, 0.717) is 11.0 Å². The van der Waals surface area contributed by atoms with E-state index in [1.807, 2.05) is 0 Å². The van der Waals surface area contributed by atoms with Gasteiger partial charge in [0.1, 0.15) is 5.39 Å². The van der Waals surface area contributed by atoms with Crippen molar-refractivity contribution in [2.75, 3.05) is 0 Å². The molecule has 0 aliphatic rings. The number of hydrogen-bond donors (Lipinski definition) is 1. The third-order valence-corrected chi connectivity index (χ3v) is 5.16. The molecule has 7 heteroatoms. The van der Waals surface area contributed by atoms with E-state index in [4.69, 9.17) is 0 Å². The monoisotopic (exact) mass is 395 g/mol. The number of carbonyl (C=O) groups is 1. The summed E-state index contributed by atoms with van der Waals surface area (Å²) in [5.74, 6) is 0.173. The molecular formula is C22H29N5O2. The minimum Gasteiger partial charge on any atom is -0.349 e. The Labute approximate surface area is 170 Å². The molecule has 0 saturated heterocycles. The van der Waals surface area contributed by atoms with E-state index >= 15 is 0 Å². The van der Waals surface area contributed by atoms with E-state index in [-0.39, 0.29) is 36.4 Å². The number of nitrogens with one attached hydrogen (secondary N) is 1. The van der Waals surface area contributed by atoms with Gasteiger partial charge in [0.2, 0.25) is 5.91 Å². The number of rotatable bonds is 8. The molecule has 2 heterocycles. The number of hydrogen-bond acceptors (Lipinski definition) is 4. The second kappa shape index (κ2) is 9.03. The van der Waals surface area contributed by atoms with Gasteiger partial charge in [0.15, 0.2) is 5.65 Å². The summed E-state index contributed by atoms with van der Waals surface area (Å²) < 4.78 is 3.03. The highest BCUT2D eigenvalue weighted by atomic mass is 16.2. The van der Waals surface area contributed by atoms with Gasteiger partial charge in [0, 0.05) is 20.0 Å². The van der Waals surface area contributed by atoms with Crippen LogP contribution in [0.15, 0.2) is 41.6 Å². The first-order valence-corrected chi connectivity index (χ1v) is 10.2. The van der Waals surface area contributed by atoms with Crippen LogP contribution in [0.25, 0.3) is 11.0 Å². The number of amides is 1. The van der Waals surface area contributed by atoms with Crippen LogP contribution in [-0.2, 0) is 24.8 Å². The number of fused-ring (bicyclic) bond motifs is 1. The summed E-state index contributed by atoms with van der Waals surface area (Å²) >= 11 is 0. The number of aromatic nitrogens is 4. The first kappa shape index (κ1) is 20.8. The summed E-state index contributed by atoms with van der Waals surface area (Å²) in [5.41, 5.74) is 2.77. The zero-order chi connectivity index (χ0) is 21.0. The molecule has 154 valence electrons. The molecule has 0 spiro atoms. The van der Waals surface area contributed by atoms with Gasteiger partial charge in [-0.1, -0.05) is 51.5 Å². The quantitative estimate of drug-likeness (QED) is 0.636. The van der Waals surface area contributed by atoms with Crippen LogP contribution in [0.2, 0.25) is 0 Å². The highest BCUT2D eigenvalue weighted by Crippen LogP contribution is 2.22. The smallest absolute Gasteiger partial charge is 0.264 e. The van der Waals surface area contributed by atoms with Crippen LogP contribution in [0.4, 0.5) is 0 Å². The van der Waals surface area contributed by atoms with Gasteiger partial charge in [-0.3, -0.25) is 18.8 Å². The number of carbonyl (C=O) groups excluding carboxylic acids is 1. The fraction of sp³-hybridized carbons (Fsp3) is 0.455. The van der Waals surface area contributed by atoms with Crippen molar-refractivity contribution < 1.29 is 4.79 Å². The molecule has 0 fully saturated rings. The Morgan fingerprint density at radius 2 is 1.93 bits per heavy atom. The Bertz CT molecular complexity index is 1030. The van der Waals surface area contributed by atoms with Crippen LogP contribution in [0.1, 0.15) is 50.8 Å². The standard InChI is InChI=1S/C22H29N5O2/c1-5-6-16-7-9-17(10-8-16)20(15(2)3)25-19(28)11-12-27-14-23-21-18(22(27)29)13-24-26(21)4/h7-10,13-15,20H,5-6,11-12H2,1-4H3,(H,25,28). The predicted molar refractivity (Wildman–Crippen MR) is 114 cm³/mol. The first-order chi connectivity index (χ1) is 13.9. The molecule has 0 saturated carbocycles. The summed E-state index contributed by atoms with van der Waals surface area (Å²) in [6.07, 6.45) is 5.38. The molecule has 0 radical (unpaired) electrons. The lowest BCUT2D eigenvalue weighted by Crippen LogP contribution is -2.33. The average Bonchev–Trinajstić information content (AvgIpc) is 3.08. The summed E-state index contributed by atoms with van der Waals surface area (Å²) in [5, 5.41) is 7.65. The Morgan fingerprint density at radius 1 is 1.21 bits per heavy atom. The van der Waals surface area contributed by atoms with Gasteiger partial charge in [-0.15, -0.1) is 0 Å². The van der Waals surface area contributed by atoms with Crippen molar-refractivity contribution in [1.82, 2.24) is 24.6 Å². The van der Waals surface area contributed by atoms with E-state index in [2.05, 4.69) is 60.4 Å². The van der Waals surface area contributed by atoms with Crippen LogP contribution in [0.3, 0.4) is 0 Å². The van der Waals surface area contributed by atoms with Crippen molar-refractivity contribution >= 4 is 16.9 Å². The largest absolute Gasteiger partial charge is 0.349 e. The number of nitrogens with zero attached hydrogens (tertiary/aromatic N) is 4. The molecule has 0 aliphatic carbocycles. The zero-order valence-corrected chi connectivity index (χ0v) is 17.6.